The fraction of sp³-hybridized carbons (Fsp3) is 0.462. The summed E-state index contributed by atoms with van der Waals surface area (Å²) in [4.78, 5) is 26.3. The van der Waals surface area contributed by atoms with Gasteiger partial charge in [0.05, 0.1) is 16.6 Å². The molecule has 2 aliphatic rings. The van der Waals surface area contributed by atoms with Crippen molar-refractivity contribution < 1.29 is 14.3 Å². The minimum atomic E-state index is -0.623. The van der Waals surface area contributed by atoms with E-state index in [0.29, 0.717) is 23.1 Å². The molecule has 3 N–H and O–H groups in total. The summed E-state index contributed by atoms with van der Waals surface area (Å²) >= 11 is 0. The third kappa shape index (κ3) is 3.96. The minimum Gasteiger partial charge on any atom is -0.474 e. The van der Waals surface area contributed by atoms with E-state index in [9.17, 15) is 4.79 Å². The molecule has 0 aromatic carbocycles. The lowest BCUT2D eigenvalue weighted by Crippen LogP contribution is -2.39. The molecule has 4 heterocycles. The van der Waals surface area contributed by atoms with Crippen molar-refractivity contribution in [3.8, 4) is 5.88 Å². The quantitative estimate of drug-likeness (QED) is 0.496. The van der Waals surface area contributed by atoms with Crippen LogP contribution in [0.2, 0.25) is 0 Å². The van der Waals surface area contributed by atoms with Crippen molar-refractivity contribution in [3.05, 3.63) is 47.4 Å². The minimum absolute atomic E-state index is 0.0474. The van der Waals surface area contributed by atoms with Crippen LogP contribution in [0.25, 0.3) is 10.8 Å². The van der Waals surface area contributed by atoms with Gasteiger partial charge in [-0.25, -0.2) is 19.7 Å². The number of hydrogen-bond donors (Lipinski definition) is 2. The molecule has 2 atom stereocenters. The molecule has 0 saturated heterocycles. The second-order valence-corrected chi connectivity index (χ2v) is 10.1. The molecule has 8 heteroatoms. The summed E-state index contributed by atoms with van der Waals surface area (Å²) in [5.74, 6) is 1.44. The van der Waals surface area contributed by atoms with Crippen molar-refractivity contribution in [2.45, 2.75) is 77.0 Å². The molecule has 3 aromatic heterocycles. The summed E-state index contributed by atoms with van der Waals surface area (Å²) in [6.07, 6.45) is 6.68. The van der Waals surface area contributed by atoms with Gasteiger partial charge in [-0.2, -0.15) is 0 Å². The van der Waals surface area contributed by atoms with Crippen molar-refractivity contribution in [1.82, 2.24) is 15.0 Å². The molecule has 1 aliphatic heterocycles. The van der Waals surface area contributed by atoms with E-state index in [4.69, 9.17) is 20.2 Å². The maximum Gasteiger partial charge on any atom is 0.340 e. The van der Waals surface area contributed by atoms with Crippen LogP contribution >= 0.6 is 0 Å². The second kappa shape index (κ2) is 7.91. The summed E-state index contributed by atoms with van der Waals surface area (Å²) in [5.41, 5.74) is 7.61. The fourth-order valence-corrected chi connectivity index (χ4v) is 4.15. The Bertz CT molecular complexity index is 1280. The fourth-order valence-electron chi connectivity index (χ4n) is 4.15. The van der Waals surface area contributed by atoms with E-state index in [0.717, 1.165) is 41.3 Å². The second-order valence-electron chi connectivity index (χ2n) is 10.1. The molecule has 1 aliphatic carbocycles. The van der Waals surface area contributed by atoms with Crippen LogP contribution in [-0.4, -0.2) is 32.6 Å². The van der Waals surface area contributed by atoms with Gasteiger partial charge < -0.3 is 20.5 Å². The van der Waals surface area contributed by atoms with E-state index in [1.165, 1.54) is 0 Å². The Kier molecular flexibility index (Phi) is 5.24. The van der Waals surface area contributed by atoms with Crippen molar-refractivity contribution in [3.63, 3.8) is 0 Å². The lowest BCUT2D eigenvalue weighted by Gasteiger charge is -2.36. The molecule has 0 amide bonds. The Labute approximate surface area is 199 Å². The Balaban J connectivity index is 1.54. The highest BCUT2D eigenvalue weighted by molar-refractivity contribution is 5.93. The van der Waals surface area contributed by atoms with Gasteiger partial charge in [0.1, 0.15) is 23.3 Å². The number of rotatable bonds is 6. The number of nitrogens with one attached hydrogen (secondary N) is 1. The molecule has 3 aromatic rings. The van der Waals surface area contributed by atoms with Crippen LogP contribution in [0.1, 0.15) is 81.4 Å². The monoisotopic (exact) mass is 461 g/mol. The number of carbonyl (C=O) groups excluding carboxylic acids is 1. The Morgan fingerprint density at radius 2 is 1.97 bits per heavy atom. The van der Waals surface area contributed by atoms with E-state index in [-0.39, 0.29) is 18.0 Å². The molecule has 178 valence electrons. The number of anilines is 2. The third-order valence-corrected chi connectivity index (χ3v) is 7.10. The molecule has 5 rings (SSSR count). The topological polar surface area (TPSA) is 112 Å². The zero-order valence-corrected chi connectivity index (χ0v) is 20.3. The van der Waals surface area contributed by atoms with Crippen LogP contribution in [0.4, 0.5) is 11.6 Å². The number of ether oxygens (including phenoxy) is 2. The number of carbonyl (C=O) groups is 1. The van der Waals surface area contributed by atoms with E-state index >= 15 is 0 Å². The van der Waals surface area contributed by atoms with Gasteiger partial charge in [0.2, 0.25) is 5.88 Å². The van der Waals surface area contributed by atoms with Gasteiger partial charge in [0, 0.05) is 23.9 Å². The van der Waals surface area contributed by atoms with Crippen molar-refractivity contribution >= 4 is 28.4 Å². The Morgan fingerprint density at radius 3 is 2.68 bits per heavy atom. The smallest absolute Gasteiger partial charge is 0.340 e. The number of fused-ring (bicyclic) bond motifs is 2. The first-order chi connectivity index (χ1) is 16.1. The first-order valence-corrected chi connectivity index (χ1v) is 11.8. The average molecular weight is 462 g/mol. The average Bonchev–Trinajstić information content (AvgIpc) is 3.61. The van der Waals surface area contributed by atoms with Gasteiger partial charge in [0.15, 0.2) is 0 Å². The van der Waals surface area contributed by atoms with Gasteiger partial charge in [-0.15, -0.1) is 0 Å². The van der Waals surface area contributed by atoms with Gasteiger partial charge in [-0.05, 0) is 69.2 Å². The molecule has 0 spiro atoms. The number of pyridine rings is 3. The molecular formula is C26H31N5O3. The van der Waals surface area contributed by atoms with Gasteiger partial charge in [-0.1, -0.05) is 13.8 Å². The zero-order valence-electron chi connectivity index (χ0n) is 20.3. The van der Waals surface area contributed by atoms with Crippen molar-refractivity contribution in [1.29, 1.82) is 0 Å². The number of hydrogen-bond acceptors (Lipinski definition) is 8. The highest BCUT2D eigenvalue weighted by atomic mass is 16.6. The summed E-state index contributed by atoms with van der Waals surface area (Å²) in [5, 5.41) is 5.10. The summed E-state index contributed by atoms with van der Waals surface area (Å²) in [6, 6.07) is 5.49. The number of nitrogens with two attached hydrogens (primary N) is 1. The Morgan fingerprint density at radius 1 is 1.21 bits per heavy atom. The van der Waals surface area contributed by atoms with Gasteiger partial charge in [0.25, 0.3) is 0 Å². The van der Waals surface area contributed by atoms with Crippen LogP contribution in [-0.2, 0) is 10.3 Å². The molecule has 8 nitrogen and oxygen atoms in total. The van der Waals surface area contributed by atoms with E-state index in [2.05, 4.69) is 22.2 Å². The molecule has 0 unspecified atom stereocenters. The highest BCUT2D eigenvalue weighted by Gasteiger charge is 2.40. The molecule has 34 heavy (non-hydrogen) atoms. The molecule has 1 fully saturated rings. The van der Waals surface area contributed by atoms with Crippen molar-refractivity contribution in [2.24, 2.45) is 5.73 Å². The number of esters is 1. The van der Waals surface area contributed by atoms with Crippen LogP contribution in [0, 0.1) is 0 Å². The predicted molar refractivity (Wildman–Crippen MR) is 130 cm³/mol. The number of nitrogens with zero attached hydrogens (tertiary/aromatic N) is 3. The maximum absolute atomic E-state index is 12.4. The number of aromatic nitrogens is 3. The Hall–Kier alpha value is -3.26. The maximum atomic E-state index is 12.4. The van der Waals surface area contributed by atoms with Crippen LogP contribution in [0.3, 0.4) is 0 Å². The van der Waals surface area contributed by atoms with E-state index < -0.39 is 11.1 Å². The zero-order chi connectivity index (χ0) is 24.3. The SMILES string of the molecule is CC[C@](C)(N)c1cnc(OC2CC2)c2cnc(Nc3ccc4c(n3)[C@@H](C)C(C)(C)OC4=O)cc12. The number of cyclic esters (lactones) is 1. The normalized spacial score (nSPS) is 20.9. The lowest BCUT2D eigenvalue weighted by molar-refractivity contribution is -0.0189. The largest absolute Gasteiger partial charge is 0.474 e. The summed E-state index contributed by atoms with van der Waals surface area (Å²) in [7, 11) is 0. The van der Waals surface area contributed by atoms with Crippen LogP contribution in [0.15, 0.2) is 30.6 Å². The van der Waals surface area contributed by atoms with E-state index in [1.807, 2.05) is 40.0 Å². The molecular weight excluding hydrogens is 430 g/mol. The standard InChI is InChI=1S/C26H31N5O3/c1-6-26(5,27)19-13-29-23(33-15-7-8-15)18-12-28-21(11-17(18)19)30-20-10-9-16-22(31-20)14(2)25(3,4)34-24(16)32/h9-15H,6-8,27H2,1-5H3,(H,28,30,31)/t14-,26+/m1/s1. The van der Waals surface area contributed by atoms with Crippen molar-refractivity contribution in [2.75, 3.05) is 5.32 Å². The van der Waals surface area contributed by atoms with E-state index in [1.54, 1.807) is 18.3 Å². The highest BCUT2D eigenvalue weighted by Crippen LogP contribution is 2.39. The van der Waals surface area contributed by atoms with Crippen LogP contribution < -0.4 is 15.8 Å². The van der Waals surface area contributed by atoms with Crippen LogP contribution in [0.5, 0.6) is 5.88 Å². The van der Waals surface area contributed by atoms with Gasteiger partial charge >= 0.3 is 5.97 Å². The first kappa shape index (κ1) is 22.5. The van der Waals surface area contributed by atoms with Gasteiger partial charge in [-0.3, -0.25) is 0 Å². The molecule has 0 radical (unpaired) electrons. The predicted octanol–water partition coefficient (Wildman–Crippen LogP) is 4.95. The third-order valence-electron chi connectivity index (χ3n) is 7.10. The molecule has 0 bridgehead atoms. The molecule has 1 saturated carbocycles. The first-order valence-electron chi connectivity index (χ1n) is 11.8. The summed E-state index contributed by atoms with van der Waals surface area (Å²) < 4.78 is 11.6. The summed E-state index contributed by atoms with van der Waals surface area (Å²) in [6.45, 7) is 9.89. The lowest BCUT2D eigenvalue weighted by atomic mass is 9.84.